The molecule has 0 aromatic rings. The van der Waals surface area contributed by atoms with E-state index in [4.69, 9.17) is 15.9 Å². The first-order valence-electron chi connectivity index (χ1n) is 5.77. The fourth-order valence-corrected chi connectivity index (χ4v) is 0.864. The molecule has 0 spiro atoms. The molecule has 2 unspecified atom stereocenters. The summed E-state index contributed by atoms with van der Waals surface area (Å²) in [6.45, 7) is 4.86. The Kier molecular flexibility index (Phi) is 11.3. The van der Waals surface area contributed by atoms with Crippen molar-refractivity contribution in [3.05, 3.63) is 11.6 Å². The Bertz CT molecular complexity index is 286. The van der Waals surface area contributed by atoms with Gasteiger partial charge in [0.2, 0.25) is 5.91 Å². The second-order valence-electron chi connectivity index (χ2n) is 3.94. The summed E-state index contributed by atoms with van der Waals surface area (Å²) in [5.74, 6) is -1.60. The summed E-state index contributed by atoms with van der Waals surface area (Å²) < 4.78 is 0. The first-order chi connectivity index (χ1) is 8.22. The number of carbonyl (C=O) groups is 2. The molecule has 0 saturated heterocycles. The van der Waals surface area contributed by atoms with Crippen LogP contribution in [0.2, 0.25) is 0 Å². The lowest BCUT2D eigenvalue weighted by Crippen LogP contribution is -2.13. The highest BCUT2D eigenvalue weighted by atomic mass is 16.4. The Balaban J connectivity index is 0. The molecule has 5 N–H and O–H groups in total. The molecule has 0 saturated carbocycles. The molecule has 0 bridgehead atoms. The molecule has 106 valence electrons. The van der Waals surface area contributed by atoms with Crippen LogP contribution in [0.3, 0.4) is 0 Å². The van der Waals surface area contributed by atoms with Gasteiger partial charge in [0.1, 0.15) is 6.10 Å². The summed E-state index contributed by atoms with van der Waals surface area (Å²) in [6.07, 6.45) is 2.34. The van der Waals surface area contributed by atoms with Gasteiger partial charge in [0.25, 0.3) is 0 Å². The van der Waals surface area contributed by atoms with Crippen LogP contribution in [-0.4, -0.2) is 39.4 Å². The number of primary amides is 1. The van der Waals surface area contributed by atoms with Crippen LogP contribution >= 0.6 is 0 Å². The quantitative estimate of drug-likeness (QED) is 0.516. The van der Waals surface area contributed by atoms with Gasteiger partial charge in [-0.3, -0.25) is 4.79 Å². The zero-order valence-corrected chi connectivity index (χ0v) is 11.1. The van der Waals surface area contributed by atoms with Gasteiger partial charge in [-0.15, -0.1) is 0 Å². The molecule has 1 amide bonds. The van der Waals surface area contributed by atoms with Crippen molar-refractivity contribution >= 4 is 11.9 Å². The summed E-state index contributed by atoms with van der Waals surface area (Å²) in [5, 5.41) is 25.1. The van der Waals surface area contributed by atoms with E-state index in [-0.39, 0.29) is 6.10 Å². The molecule has 0 rings (SSSR count). The Morgan fingerprint density at radius 3 is 2.06 bits per heavy atom. The van der Waals surface area contributed by atoms with E-state index in [0.717, 1.165) is 12.8 Å². The van der Waals surface area contributed by atoms with Gasteiger partial charge in [-0.25, -0.2) is 4.79 Å². The van der Waals surface area contributed by atoms with E-state index in [1.165, 1.54) is 6.92 Å². The Morgan fingerprint density at radius 2 is 1.78 bits per heavy atom. The summed E-state index contributed by atoms with van der Waals surface area (Å²) in [7, 11) is 0. The van der Waals surface area contributed by atoms with Crippen molar-refractivity contribution in [2.75, 3.05) is 0 Å². The zero-order chi connectivity index (χ0) is 14.7. The van der Waals surface area contributed by atoms with Crippen LogP contribution in [0.5, 0.6) is 0 Å². The largest absolute Gasteiger partial charge is 0.479 e. The van der Waals surface area contributed by atoms with Crippen LogP contribution in [-0.2, 0) is 9.59 Å². The molecule has 0 fully saturated rings. The second kappa shape index (κ2) is 10.7. The van der Waals surface area contributed by atoms with Crippen molar-refractivity contribution in [2.24, 2.45) is 5.73 Å². The average Bonchev–Trinajstić information content (AvgIpc) is 2.26. The van der Waals surface area contributed by atoms with Gasteiger partial charge < -0.3 is 21.1 Å². The van der Waals surface area contributed by atoms with Gasteiger partial charge in [-0.2, -0.15) is 0 Å². The third kappa shape index (κ3) is 12.7. The molecule has 18 heavy (non-hydrogen) atoms. The van der Waals surface area contributed by atoms with E-state index in [9.17, 15) is 14.7 Å². The predicted octanol–water partition coefficient (Wildman–Crippen LogP) is 0.421. The van der Waals surface area contributed by atoms with Gasteiger partial charge in [0.05, 0.1) is 6.10 Å². The van der Waals surface area contributed by atoms with Crippen molar-refractivity contribution < 1.29 is 24.9 Å². The number of nitrogens with two attached hydrogens (primary N) is 1. The highest BCUT2D eigenvalue weighted by Gasteiger charge is 2.02. The third-order valence-corrected chi connectivity index (χ3v) is 2.06. The number of aliphatic hydroxyl groups excluding tert-OH is 2. The lowest BCUT2D eigenvalue weighted by atomic mass is 10.1. The van der Waals surface area contributed by atoms with Crippen molar-refractivity contribution in [2.45, 2.75) is 52.2 Å². The fraction of sp³-hybridized carbons (Fsp3) is 0.667. The number of rotatable bonds is 6. The highest BCUT2D eigenvalue weighted by Crippen LogP contribution is 2.04. The Labute approximate surface area is 107 Å². The smallest absolute Gasteiger partial charge is 0.332 e. The van der Waals surface area contributed by atoms with Crippen molar-refractivity contribution in [1.29, 1.82) is 0 Å². The molecule has 6 nitrogen and oxygen atoms in total. The van der Waals surface area contributed by atoms with Crippen molar-refractivity contribution in [3.63, 3.8) is 0 Å². The minimum absolute atomic E-state index is 0.343. The first-order valence-corrected chi connectivity index (χ1v) is 5.77. The summed E-state index contributed by atoms with van der Waals surface area (Å²) >= 11 is 0. The molecule has 0 aromatic heterocycles. The molecule has 0 heterocycles. The maximum absolute atomic E-state index is 10.5. The number of carboxylic acids is 1. The molecule has 0 aromatic carbocycles. The van der Waals surface area contributed by atoms with Crippen LogP contribution in [0.4, 0.5) is 0 Å². The van der Waals surface area contributed by atoms with Crippen LogP contribution in [0.1, 0.15) is 40.0 Å². The topological polar surface area (TPSA) is 121 Å². The molecule has 0 aliphatic heterocycles. The Hall–Kier alpha value is -1.40. The summed E-state index contributed by atoms with van der Waals surface area (Å²) in [6, 6.07) is 0. The fourth-order valence-electron chi connectivity index (χ4n) is 0.864. The monoisotopic (exact) mass is 261 g/mol. The predicted molar refractivity (Wildman–Crippen MR) is 67.8 cm³/mol. The van der Waals surface area contributed by atoms with Gasteiger partial charge >= 0.3 is 5.97 Å². The number of hydrogen-bond donors (Lipinski definition) is 4. The first kappa shape index (κ1) is 19.0. The van der Waals surface area contributed by atoms with Gasteiger partial charge in [-0.05, 0) is 26.7 Å². The van der Waals surface area contributed by atoms with Gasteiger partial charge in [0, 0.05) is 5.57 Å². The maximum atomic E-state index is 10.5. The molecule has 0 radical (unpaired) electrons. The normalized spacial score (nSPS) is 14.2. The van der Waals surface area contributed by atoms with Crippen LogP contribution in [0, 0.1) is 0 Å². The van der Waals surface area contributed by atoms with E-state index in [2.05, 4.69) is 0 Å². The lowest BCUT2D eigenvalue weighted by Gasteiger charge is -2.05. The van der Waals surface area contributed by atoms with Gasteiger partial charge in [-0.1, -0.05) is 19.4 Å². The number of aliphatic hydroxyl groups is 2. The molecule has 0 aliphatic carbocycles. The van der Waals surface area contributed by atoms with Crippen LogP contribution in [0.25, 0.3) is 0 Å². The van der Waals surface area contributed by atoms with Crippen molar-refractivity contribution in [3.8, 4) is 0 Å². The number of amides is 1. The zero-order valence-electron chi connectivity index (χ0n) is 11.1. The maximum Gasteiger partial charge on any atom is 0.332 e. The minimum Gasteiger partial charge on any atom is -0.479 e. The number of aliphatic carboxylic acids is 1. The van der Waals surface area contributed by atoms with Gasteiger partial charge in [0.15, 0.2) is 0 Å². The number of carbonyl (C=O) groups excluding carboxylic acids is 1. The number of hydrogen-bond acceptors (Lipinski definition) is 4. The molecular weight excluding hydrogens is 238 g/mol. The number of carboxylic acid groups (broad SMARTS) is 1. The SMILES string of the molecule is CC(O)C(=O)O.CCCC(O)CC=C(C)C(N)=O. The minimum atomic E-state index is -1.23. The van der Waals surface area contributed by atoms with E-state index in [0.29, 0.717) is 12.0 Å². The molecule has 0 aliphatic rings. The highest BCUT2D eigenvalue weighted by molar-refractivity contribution is 5.91. The summed E-state index contributed by atoms with van der Waals surface area (Å²) in [5.41, 5.74) is 5.53. The van der Waals surface area contributed by atoms with E-state index >= 15 is 0 Å². The molecular formula is C12H23NO5. The van der Waals surface area contributed by atoms with Crippen LogP contribution < -0.4 is 5.73 Å². The Morgan fingerprint density at radius 1 is 1.33 bits per heavy atom. The third-order valence-electron chi connectivity index (χ3n) is 2.06. The average molecular weight is 261 g/mol. The second-order valence-corrected chi connectivity index (χ2v) is 3.94. The standard InChI is InChI=1S/C9H17NO2.C3H6O3/c1-3-4-8(11)6-5-7(2)9(10)12;1-2(4)3(5)6/h5,8,11H,3-4,6H2,1-2H3,(H2,10,12);2,4H,1H3,(H,5,6). The lowest BCUT2D eigenvalue weighted by molar-refractivity contribution is -0.145. The van der Waals surface area contributed by atoms with Crippen molar-refractivity contribution in [1.82, 2.24) is 0 Å². The summed E-state index contributed by atoms with van der Waals surface area (Å²) in [4.78, 5) is 20.0. The molecule has 2 atom stereocenters. The van der Waals surface area contributed by atoms with E-state index in [1.54, 1.807) is 13.0 Å². The van der Waals surface area contributed by atoms with Crippen LogP contribution in [0.15, 0.2) is 11.6 Å². The molecule has 6 heteroatoms. The van der Waals surface area contributed by atoms with E-state index < -0.39 is 18.0 Å². The van der Waals surface area contributed by atoms with E-state index in [1.807, 2.05) is 6.92 Å².